The van der Waals surface area contributed by atoms with Crippen molar-refractivity contribution in [3.63, 3.8) is 0 Å². The molecule has 2 saturated heterocycles. The number of anilines is 1. The number of hydrogen-bond donors (Lipinski definition) is 0. The molecule has 0 saturated carbocycles. The number of hydrogen-bond acceptors (Lipinski definition) is 6. The van der Waals surface area contributed by atoms with Crippen LogP contribution in [0.3, 0.4) is 0 Å². The lowest BCUT2D eigenvalue weighted by Crippen LogP contribution is -2.48. The Hall–Kier alpha value is -2.19. The minimum atomic E-state index is -2.96. The van der Waals surface area contributed by atoms with Gasteiger partial charge in [-0.3, -0.25) is 9.69 Å². The molecule has 2 aromatic rings. The van der Waals surface area contributed by atoms with E-state index in [-0.39, 0.29) is 23.3 Å². The first-order chi connectivity index (χ1) is 13.8. The monoisotopic (exact) mass is 416 g/mol. The Bertz CT molecular complexity index is 992. The average molecular weight is 417 g/mol. The van der Waals surface area contributed by atoms with Crippen molar-refractivity contribution in [3.8, 4) is 0 Å². The third-order valence-electron chi connectivity index (χ3n) is 6.07. The second-order valence-corrected chi connectivity index (χ2v) is 10.3. The molecule has 0 amide bonds. The molecule has 1 atom stereocenters. The zero-order valence-corrected chi connectivity index (χ0v) is 17.9. The minimum absolute atomic E-state index is 0.0523. The molecular formula is C21H28N4O3S. The van der Waals surface area contributed by atoms with Crippen molar-refractivity contribution in [3.05, 3.63) is 47.4 Å². The van der Waals surface area contributed by atoms with Gasteiger partial charge in [-0.2, -0.15) is 0 Å². The van der Waals surface area contributed by atoms with Gasteiger partial charge >= 0.3 is 0 Å². The molecule has 0 aromatic carbocycles. The predicted molar refractivity (Wildman–Crippen MR) is 113 cm³/mol. The molecule has 2 aliphatic heterocycles. The normalized spacial score (nSPS) is 22.1. The van der Waals surface area contributed by atoms with Crippen LogP contribution in [0.2, 0.25) is 0 Å². The summed E-state index contributed by atoms with van der Waals surface area (Å²) in [5.74, 6) is 1.50. The number of pyridine rings is 1. The number of aryl methyl sites for hydroxylation is 1. The lowest BCUT2D eigenvalue weighted by Gasteiger charge is -2.35. The van der Waals surface area contributed by atoms with E-state index >= 15 is 0 Å². The Morgan fingerprint density at radius 2 is 1.93 bits per heavy atom. The zero-order valence-electron chi connectivity index (χ0n) is 17.0. The van der Waals surface area contributed by atoms with Gasteiger partial charge in [0.15, 0.2) is 15.6 Å². The Kier molecular flexibility index (Phi) is 5.48. The molecule has 0 aliphatic carbocycles. The van der Waals surface area contributed by atoms with Gasteiger partial charge in [-0.25, -0.2) is 13.4 Å². The van der Waals surface area contributed by atoms with Crippen LogP contribution in [-0.2, 0) is 9.84 Å². The first-order valence-electron chi connectivity index (χ1n) is 10.1. The second kappa shape index (κ2) is 7.91. The van der Waals surface area contributed by atoms with Crippen molar-refractivity contribution in [2.45, 2.75) is 26.3 Å². The van der Waals surface area contributed by atoms with Crippen LogP contribution < -0.4 is 4.90 Å². The van der Waals surface area contributed by atoms with Gasteiger partial charge in [-0.15, -0.1) is 0 Å². The minimum Gasteiger partial charge on any atom is -0.354 e. The van der Waals surface area contributed by atoms with Crippen LogP contribution in [-0.4, -0.2) is 72.9 Å². The van der Waals surface area contributed by atoms with Crippen molar-refractivity contribution in [1.29, 1.82) is 0 Å². The third kappa shape index (κ3) is 4.23. The van der Waals surface area contributed by atoms with Gasteiger partial charge in [-0.05, 0) is 38.5 Å². The number of carbonyl (C=O) groups is 1. The number of ketones is 1. The highest BCUT2D eigenvalue weighted by atomic mass is 32.2. The highest BCUT2D eigenvalue weighted by Crippen LogP contribution is 2.29. The lowest BCUT2D eigenvalue weighted by molar-refractivity contribution is 0.0925. The number of sulfone groups is 1. The summed E-state index contributed by atoms with van der Waals surface area (Å²) in [7, 11) is -2.96. The topological polar surface area (TPSA) is 75.5 Å². The van der Waals surface area contributed by atoms with E-state index < -0.39 is 9.84 Å². The van der Waals surface area contributed by atoms with Gasteiger partial charge in [0.1, 0.15) is 5.82 Å². The highest BCUT2D eigenvalue weighted by molar-refractivity contribution is 7.91. The molecule has 156 valence electrons. The van der Waals surface area contributed by atoms with E-state index in [9.17, 15) is 13.2 Å². The van der Waals surface area contributed by atoms with Crippen LogP contribution in [0.15, 0.2) is 30.5 Å². The Balaban J connectivity index is 1.40. The molecule has 2 aliphatic rings. The number of rotatable bonds is 5. The van der Waals surface area contributed by atoms with Crippen LogP contribution in [0.5, 0.6) is 0 Å². The van der Waals surface area contributed by atoms with E-state index in [1.807, 2.05) is 38.1 Å². The van der Waals surface area contributed by atoms with Crippen molar-refractivity contribution < 1.29 is 13.2 Å². The number of aromatic nitrogens is 2. The van der Waals surface area contributed by atoms with E-state index in [4.69, 9.17) is 0 Å². The summed E-state index contributed by atoms with van der Waals surface area (Å²) >= 11 is 0. The molecule has 0 spiro atoms. The van der Waals surface area contributed by atoms with Crippen LogP contribution in [0.25, 0.3) is 0 Å². The standard InChI is InChI=1S/C21H28N4O3S/c1-16-13-19(17(2)25(16)18-6-12-29(27,28)15-18)20(26)14-23-8-10-24(11-9-23)21-5-3-4-7-22-21/h3-5,7,13,18H,6,8-12,14-15H2,1-2H3/t18-/m0/s1. The summed E-state index contributed by atoms with van der Waals surface area (Å²) in [6.45, 7) is 7.63. The van der Waals surface area contributed by atoms with Gasteiger partial charge in [0.2, 0.25) is 0 Å². The maximum Gasteiger partial charge on any atom is 0.178 e. The Morgan fingerprint density at radius 3 is 2.55 bits per heavy atom. The molecule has 0 radical (unpaired) electrons. The summed E-state index contributed by atoms with van der Waals surface area (Å²) in [5.41, 5.74) is 2.58. The summed E-state index contributed by atoms with van der Waals surface area (Å²) in [6, 6.07) is 7.79. The van der Waals surface area contributed by atoms with Gasteiger partial charge in [0, 0.05) is 55.4 Å². The summed E-state index contributed by atoms with van der Waals surface area (Å²) < 4.78 is 25.8. The van der Waals surface area contributed by atoms with Crippen LogP contribution in [0.1, 0.15) is 34.2 Å². The fraction of sp³-hybridized carbons (Fsp3) is 0.524. The van der Waals surface area contributed by atoms with Gasteiger partial charge in [0.25, 0.3) is 0 Å². The summed E-state index contributed by atoms with van der Waals surface area (Å²) in [6.07, 6.45) is 2.43. The molecule has 0 bridgehead atoms. The van der Waals surface area contributed by atoms with Crippen molar-refractivity contribution in [2.24, 2.45) is 0 Å². The molecule has 29 heavy (non-hydrogen) atoms. The predicted octanol–water partition coefficient (Wildman–Crippen LogP) is 1.86. The highest BCUT2D eigenvalue weighted by Gasteiger charge is 2.32. The largest absolute Gasteiger partial charge is 0.354 e. The van der Waals surface area contributed by atoms with E-state index in [1.54, 1.807) is 6.20 Å². The fourth-order valence-corrected chi connectivity index (χ4v) is 6.26. The first-order valence-corrected chi connectivity index (χ1v) is 12.0. The first kappa shape index (κ1) is 20.1. The van der Waals surface area contributed by atoms with E-state index in [2.05, 4.69) is 19.4 Å². The summed E-state index contributed by atoms with van der Waals surface area (Å²) in [5, 5.41) is 0. The van der Waals surface area contributed by atoms with Crippen molar-refractivity contribution >= 4 is 21.4 Å². The molecule has 8 heteroatoms. The van der Waals surface area contributed by atoms with Crippen LogP contribution in [0.4, 0.5) is 5.82 Å². The second-order valence-electron chi connectivity index (χ2n) is 8.09. The number of nitrogens with zero attached hydrogens (tertiary/aromatic N) is 4. The molecule has 2 fully saturated rings. The van der Waals surface area contributed by atoms with Gasteiger partial charge in [-0.1, -0.05) is 6.07 Å². The molecule has 0 N–H and O–H groups in total. The smallest absolute Gasteiger partial charge is 0.178 e. The average Bonchev–Trinajstić information content (AvgIpc) is 3.21. The van der Waals surface area contributed by atoms with Crippen molar-refractivity contribution in [1.82, 2.24) is 14.5 Å². The quantitative estimate of drug-likeness (QED) is 0.693. The van der Waals surface area contributed by atoms with E-state index in [0.717, 1.165) is 48.9 Å². The number of carbonyl (C=O) groups excluding carboxylic acids is 1. The molecule has 2 aromatic heterocycles. The Labute approximate surface area is 172 Å². The Morgan fingerprint density at radius 1 is 1.17 bits per heavy atom. The fourth-order valence-electron chi connectivity index (χ4n) is 4.56. The van der Waals surface area contributed by atoms with E-state index in [0.29, 0.717) is 13.0 Å². The van der Waals surface area contributed by atoms with E-state index in [1.165, 1.54) is 0 Å². The summed E-state index contributed by atoms with van der Waals surface area (Å²) in [4.78, 5) is 21.8. The van der Waals surface area contributed by atoms with Gasteiger partial charge in [0.05, 0.1) is 18.1 Å². The van der Waals surface area contributed by atoms with Crippen LogP contribution in [0, 0.1) is 13.8 Å². The van der Waals surface area contributed by atoms with Gasteiger partial charge < -0.3 is 9.47 Å². The lowest BCUT2D eigenvalue weighted by atomic mass is 10.1. The maximum atomic E-state index is 13.0. The van der Waals surface area contributed by atoms with Crippen molar-refractivity contribution in [2.75, 3.05) is 49.1 Å². The molecular weight excluding hydrogens is 388 g/mol. The van der Waals surface area contributed by atoms with Crippen LogP contribution >= 0.6 is 0 Å². The molecule has 7 nitrogen and oxygen atoms in total. The zero-order chi connectivity index (χ0) is 20.6. The molecule has 4 rings (SSSR count). The number of Topliss-reactive ketones (excluding diaryl/α,β-unsaturated/α-hetero) is 1. The molecule has 0 unspecified atom stereocenters. The maximum absolute atomic E-state index is 13.0. The molecule has 4 heterocycles. The SMILES string of the molecule is Cc1cc(C(=O)CN2CCN(c3ccccn3)CC2)c(C)n1[C@H]1CCS(=O)(=O)C1. The number of piperazine rings is 1. The third-order valence-corrected chi connectivity index (χ3v) is 7.82.